The lowest BCUT2D eigenvalue weighted by Crippen LogP contribution is -2.48. The SMILES string of the molecule is CNC(=O)C(C)(C(=O)O)C1C=CCCC1. The van der Waals surface area contributed by atoms with E-state index in [1.807, 2.05) is 12.2 Å². The van der Waals surface area contributed by atoms with Gasteiger partial charge in [0.1, 0.15) is 5.41 Å². The zero-order chi connectivity index (χ0) is 11.5. The van der Waals surface area contributed by atoms with Crippen LogP contribution in [0.5, 0.6) is 0 Å². The number of nitrogens with one attached hydrogen (secondary N) is 1. The molecule has 4 nitrogen and oxygen atoms in total. The summed E-state index contributed by atoms with van der Waals surface area (Å²) < 4.78 is 0. The van der Waals surface area contributed by atoms with E-state index < -0.39 is 17.3 Å². The highest BCUT2D eigenvalue weighted by Crippen LogP contribution is 2.35. The third-order valence-corrected chi connectivity index (χ3v) is 3.14. The zero-order valence-electron chi connectivity index (χ0n) is 9.12. The van der Waals surface area contributed by atoms with E-state index in [-0.39, 0.29) is 5.92 Å². The average Bonchev–Trinajstić information content (AvgIpc) is 2.27. The Morgan fingerprint density at radius 1 is 1.53 bits per heavy atom. The van der Waals surface area contributed by atoms with Crippen molar-refractivity contribution in [3.05, 3.63) is 12.2 Å². The molecule has 15 heavy (non-hydrogen) atoms. The molecule has 0 spiro atoms. The Morgan fingerprint density at radius 3 is 2.60 bits per heavy atom. The first-order valence-electron chi connectivity index (χ1n) is 5.15. The van der Waals surface area contributed by atoms with E-state index in [9.17, 15) is 14.7 Å². The largest absolute Gasteiger partial charge is 0.480 e. The van der Waals surface area contributed by atoms with E-state index in [2.05, 4.69) is 5.32 Å². The highest BCUT2D eigenvalue weighted by Gasteiger charge is 2.46. The van der Waals surface area contributed by atoms with Crippen molar-refractivity contribution in [1.29, 1.82) is 0 Å². The Hall–Kier alpha value is -1.32. The molecule has 1 aliphatic rings. The number of hydrogen-bond acceptors (Lipinski definition) is 2. The zero-order valence-corrected chi connectivity index (χ0v) is 9.12. The molecule has 1 rings (SSSR count). The molecule has 2 atom stereocenters. The number of carboxylic acids is 1. The highest BCUT2D eigenvalue weighted by atomic mass is 16.4. The fourth-order valence-corrected chi connectivity index (χ4v) is 1.98. The first kappa shape index (κ1) is 11.8. The Morgan fingerprint density at radius 2 is 2.20 bits per heavy atom. The third-order valence-electron chi connectivity index (χ3n) is 3.14. The summed E-state index contributed by atoms with van der Waals surface area (Å²) in [6.45, 7) is 1.49. The van der Waals surface area contributed by atoms with Gasteiger partial charge in [0.05, 0.1) is 0 Å². The van der Waals surface area contributed by atoms with Crippen molar-refractivity contribution in [3.8, 4) is 0 Å². The summed E-state index contributed by atoms with van der Waals surface area (Å²) in [5.74, 6) is -1.69. The van der Waals surface area contributed by atoms with Gasteiger partial charge in [-0.2, -0.15) is 0 Å². The van der Waals surface area contributed by atoms with Crippen LogP contribution in [0.1, 0.15) is 26.2 Å². The second-order valence-corrected chi connectivity index (χ2v) is 4.05. The Balaban J connectivity index is 2.99. The second-order valence-electron chi connectivity index (χ2n) is 4.05. The molecular weight excluding hydrogens is 194 g/mol. The molecule has 0 saturated carbocycles. The molecule has 2 N–H and O–H groups in total. The average molecular weight is 211 g/mol. The molecular formula is C11H17NO3. The van der Waals surface area contributed by atoms with Gasteiger partial charge in [0.2, 0.25) is 5.91 Å². The van der Waals surface area contributed by atoms with E-state index >= 15 is 0 Å². The summed E-state index contributed by atoms with van der Waals surface area (Å²) in [4.78, 5) is 22.9. The molecule has 0 aliphatic heterocycles. The number of carboxylic acid groups (broad SMARTS) is 1. The maximum absolute atomic E-state index is 11.6. The highest BCUT2D eigenvalue weighted by molar-refractivity contribution is 6.02. The van der Waals surface area contributed by atoms with Crippen molar-refractivity contribution in [2.75, 3.05) is 7.05 Å². The lowest BCUT2D eigenvalue weighted by Gasteiger charge is -2.31. The van der Waals surface area contributed by atoms with Gasteiger partial charge < -0.3 is 10.4 Å². The minimum Gasteiger partial charge on any atom is -0.480 e. The van der Waals surface area contributed by atoms with E-state index in [0.717, 1.165) is 19.3 Å². The summed E-state index contributed by atoms with van der Waals surface area (Å²) in [5, 5.41) is 11.6. The maximum atomic E-state index is 11.6. The Bertz CT molecular complexity index is 298. The van der Waals surface area contributed by atoms with Crippen LogP contribution in [0.25, 0.3) is 0 Å². The standard InChI is InChI=1S/C11H17NO3/c1-11(10(14)15,9(13)12-2)8-6-4-3-5-7-8/h4,6,8H,3,5,7H2,1-2H3,(H,12,13)(H,14,15). The van der Waals surface area contributed by atoms with Crippen molar-refractivity contribution in [2.24, 2.45) is 11.3 Å². The molecule has 0 bridgehead atoms. The van der Waals surface area contributed by atoms with Crippen molar-refractivity contribution in [1.82, 2.24) is 5.32 Å². The van der Waals surface area contributed by atoms with E-state index in [1.54, 1.807) is 0 Å². The number of rotatable bonds is 3. The van der Waals surface area contributed by atoms with Crippen molar-refractivity contribution < 1.29 is 14.7 Å². The van der Waals surface area contributed by atoms with Gasteiger partial charge in [-0.15, -0.1) is 0 Å². The fraction of sp³-hybridized carbons (Fsp3) is 0.636. The van der Waals surface area contributed by atoms with E-state index in [4.69, 9.17) is 0 Å². The number of carbonyl (C=O) groups is 2. The van der Waals surface area contributed by atoms with E-state index in [1.165, 1.54) is 14.0 Å². The molecule has 84 valence electrons. The lowest BCUT2D eigenvalue weighted by molar-refractivity contribution is -0.157. The fourth-order valence-electron chi connectivity index (χ4n) is 1.98. The number of amides is 1. The predicted octanol–water partition coefficient (Wildman–Crippen LogP) is 1.18. The van der Waals surface area contributed by atoms with Gasteiger partial charge in [-0.05, 0) is 26.2 Å². The minimum atomic E-state index is -1.34. The molecule has 1 amide bonds. The molecule has 0 aromatic carbocycles. The van der Waals surface area contributed by atoms with Crippen molar-refractivity contribution in [2.45, 2.75) is 26.2 Å². The predicted molar refractivity (Wildman–Crippen MR) is 56.3 cm³/mol. The minimum absolute atomic E-state index is 0.205. The molecule has 0 saturated heterocycles. The summed E-state index contributed by atoms with van der Waals surface area (Å²) >= 11 is 0. The van der Waals surface area contributed by atoms with Crippen LogP contribution in [-0.2, 0) is 9.59 Å². The van der Waals surface area contributed by atoms with Crippen LogP contribution in [0.3, 0.4) is 0 Å². The topological polar surface area (TPSA) is 66.4 Å². The van der Waals surface area contributed by atoms with Gasteiger partial charge in [0.15, 0.2) is 0 Å². The van der Waals surface area contributed by atoms with E-state index in [0.29, 0.717) is 0 Å². The Kier molecular flexibility index (Phi) is 3.50. The van der Waals surface area contributed by atoms with Gasteiger partial charge in [-0.25, -0.2) is 0 Å². The summed E-state index contributed by atoms with van der Waals surface area (Å²) in [7, 11) is 1.47. The normalized spacial score (nSPS) is 24.3. The molecule has 4 heteroatoms. The quantitative estimate of drug-likeness (QED) is 0.544. The lowest BCUT2D eigenvalue weighted by atomic mass is 9.72. The first-order valence-corrected chi connectivity index (χ1v) is 5.15. The van der Waals surface area contributed by atoms with Crippen LogP contribution in [0, 0.1) is 11.3 Å². The van der Waals surface area contributed by atoms with Gasteiger partial charge in [0, 0.05) is 13.0 Å². The summed E-state index contributed by atoms with van der Waals surface area (Å²) in [5.41, 5.74) is -1.34. The first-order chi connectivity index (χ1) is 7.03. The third kappa shape index (κ3) is 2.03. The number of aliphatic carboxylic acids is 1. The van der Waals surface area contributed by atoms with Crippen molar-refractivity contribution >= 4 is 11.9 Å². The van der Waals surface area contributed by atoms with Gasteiger partial charge >= 0.3 is 5.97 Å². The monoisotopic (exact) mass is 211 g/mol. The molecule has 2 unspecified atom stereocenters. The maximum Gasteiger partial charge on any atom is 0.319 e. The van der Waals surface area contributed by atoms with Crippen LogP contribution < -0.4 is 5.32 Å². The van der Waals surface area contributed by atoms with Crippen molar-refractivity contribution in [3.63, 3.8) is 0 Å². The number of hydrogen-bond donors (Lipinski definition) is 2. The molecule has 0 heterocycles. The van der Waals surface area contributed by atoms with Crippen LogP contribution >= 0.6 is 0 Å². The van der Waals surface area contributed by atoms with Gasteiger partial charge in [0.25, 0.3) is 0 Å². The van der Waals surface area contributed by atoms with Gasteiger partial charge in [-0.1, -0.05) is 12.2 Å². The summed E-state index contributed by atoms with van der Waals surface area (Å²) in [6, 6.07) is 0. The summed E-state index contributed by atoms with van der Waals surface area (Å²) in [6.07, 6.45) is 6.48. The molecule has 0 aromatic heterocycles. The van der Waals surface area contributed by atoms with Gasteiger partial charge in [-0.3, -0.25) is 9.59 Å². The smallest absolute Gasteiger partial charge is 0.319 e. The number of allylic oxidation sites excluding steroid dienone is 2. The molecule has 1 aliphatic carbocycles. The van der Waals surface area contributed by atoms with Crippen LogP contribution in [0.2, 0.25) is 0 Å². The number of carbonyl (C=O) groups excluding carboxylic acids is 1. The Labute approximate surface area is 89.4 Å². The van der Waals surface area contributed by atoms with Crippen LogP contribution in [0.15, 0.2) is 12.2 Å². The molecule has 0 radical (unpaired) electrons. The van der Waals surface area contributed by atoms with Crippen LogP contribution in [-0.4, -0.2) is 24.0 Å². The molecule has 0 aromatic rings. The second kappa shape index (κ2) is 4.47. The van der Waals surface area contributed by atoms with Crippen LogP contribution in [0.4, 0.5) is 0 Å². The molecule has 0 fully saturated rings.